The summed E-state index contributed by atoms with van der Waals surface area (Å²) in [6.07, 6.45) is 0. The molecule has 0 spiro atoms. The number of aryl methyl sites for hydroxylation is 2. The van der Waals surface area contributed by atoms with E-state index in [1.165, 1.54) is 6.07 Å². The van der Waals surface area contributed by atoms with Crippen molar-refractivity contribution in [1.82, 2.24) is 10.2 Å². The number of carbonyl (C=O) groups is 1. The van der Waals surface area contributed by atoms with E-state index in [1.807, 2.05) is 57.1 Å². The first kappa shape index (κ1) is 20.1. The molecule has 6 heteroatoms. The quantitative estimate of drug-likeness (QED) is 0.703. The highest BCUT2D eigenvalue weighted by Gasteiger charge is 2.20. The molecule has 0 aliphatic heterocycles. The zero-order valence-corrected chi connectivity index (χ0v) is 17.1. The van der Waals surface area contributed by atoms with Gasteiger partial charge in [-0.1, -0.05) is 29.8 Å². The van der Waals surface area contributed by atoms with Gasteiger partial charge in [-0.3, -0.25) is 9.59 Å². The molecule has 2 aromatic carbocycles. The van der Waals surface area contributed by atoms with Crippen LogP contribution in [0.4, 0.5) is 0 Å². The molecule has 1 amide bonds. The van der Waals surface area contributed by atoms with Gasteiger partial charge >= 0.3 is 0 Å². The summed E-state index contributed by atoms with van der Waals surface area (Å²) in [5, 5.41) is 3.96. The van der Waals surface area contributed by atoms with Crippen LogP contribution in [0.2, 0.25) is 5.02 Å². The lowest BCUT2D eigenvalue weighted by atomic mass is 10.1. The molecule has 3 rings (SSSR count). The van der Waals surface area contributed by atoms with Crippen molar-refractivity contribution in [2.45, 2.75) is 19.9 Å². The van der Waals surface area contributed by atoms with Crippen LogP contribution in [0.3, 0.4) is 0 Å². The van der Waals surface area contributed by atoms with Crippen LogP contribution in [0.1, 0.15) is 33.3 Å². The van der Waals surface area contributed by atoms with Crippen molar-refractivity contribution in [2.75, 3.05) is 20.6 Å². The van der Waals surface area contributed by atoms with Crippen LogP contribution in [-0.2, 0) is 0 Å². The van der Waals surface area contributed by atoms with Crippen molar-refractivity contribution < 1.29 is 9.21 Å². The second kappa shape index (κ2) is 8.17. The van der Waals surface area contributed by atoms with E-state index in [0.717, 1.165) is 16.7 Å². The molecule has 0 aliphatic carbocycles. The third-order valence-corrected chi connectivity index (χ3v) is 5.26. The second-order valence-corrected chi connectivity index (χ2v) is 7.53. The van der Waals surface area contributed by atoms with Crippen molar-refractivity contribution in [3.63, 3.8) is 0 Å². The monoisotopic (exact) mass is 398 g/mol. The average Bonchev–Trinajstić information content (AvgIpc) is 2.64. The lowest BCUT2D eigenvalue weighted by molar-refractivity contribution is 0.0914. The molecule has 0 saturated carbocycles. The Labute approximate surface area is 168 Å². The van der Waals surface area contributed by atoms with Crippen LogP contribution in [-0.4, -0.2) is 31.4 Å². The van der Waals surface area contributed by atoms with Gasteiger partial charge in [0.15, 0.2) is 11.2 Å². The summed E-state index contributed by atoms with van der Waals surface area (Å²) in [5.41, 5.74) is 3.10. The number of amides is 1. The lowest BCUT2D eigenvalue weighted by Crippen LogP contribution is -2.35. The molecule has 1 heterocycles. The fourth-order valence-electron chi connectivity index (χ4n) is 3.12. The van der Waals surface area contributed by atoms with Crippen LogP contribution < -0.4 is 10.7 Å². The molecule has 146 valence electrons. The van der Waals surface area contributed by atoms with Gasteiger partial charge in [-0.25, -0.2) is 0 Å². The molecule has 5 nitrogen and oxygen atoms in total. The van der Waals surface area contributed by atoms with Crippen molar-refractivity contribution in [3.05, 3.63) is 80.2 Å². The van der Waals surface area contributed by atoms with E-state index >= 15 is 0 Å². The van der Waals surface area contributed by atoms with Gasteiger partial charge in [0, 0.05) is 17.6 Å². The van der Waals surface area contributed by atoms with E-state index in [1.54, 1.807) is 12.1 Å². The second-order valence-electron chi connectivity index (χ2n) is 7.12. The van der Waals surface area contributed by atoms with Crippen LogP contribution in [0.5, 0.6) is 0 Å². The zero-order chi connectivity index (χ0) is 20.4. The Kier molecular flexibility index (Phi) is 5.87. The predicted octanol–water partition coefficient (Wildman–Crippen LogP) is 4.10. The van der Waals surface area contributed by atoms with E-state index < -0.39 is 5.91 Å². The van der Waals surface area contributed by atoms with E-state index in [-0.39, 0.29) is 17.2 Å². The number of fused-ring (bicyclic) bond motifs is 1. The minimum atomic E-state index is -0.434. The zero-order valence-electron chi connectivity index (χ0n) is 16.4. The van der Waals surface area contributed by atoms with Crippen LogP contribution in [0.15, 0.2) is 51.7 Å². The molecule has 0 unspecified atom stereocenters. The third kappa shape index (κ3) is 4.11. The van der Waals surface area contributed by atoms with Crippen LogP contribution in [0, 0.1) is 13.8 Å². The molecule has 0 fully saturated rings. The van der Waals surface area contributed by atoms with Gasteiger partial charge in [-0.05, 0) is 62.8 Å². The normalized spacial score (nSPS) is 12.4. The Morgan fingerprint density at radius 1 is 1.14 bits per heavy atom. The number of carbonyl (C=O) groups excluding carboxylic acids is 1. The molecule has 0 saturated heterocycles. The predicted molar refractivity (Wildman–Crippen MR) is 112 cm³/mol. The Morgan fingerprint density at radius 3 is 2.50 bits per heavy atom. The molecule has 0 aliphatic rings. The largest absolute Gasteiger partial charge is 0.451 e. The number of likely N-dealkylation sites (N-methyl/N-ethyl adjacent to an activating group) is 1. The number of hydrogen-bond acceptors (Lipinski definition) is 4. The van der Waals surface area contributed by atoms with Gasteiger partial charge in [0.05, 0.1) is 11.4 Å². The SMILES string of the molecule is Cc1cc2oc(C(=O)NC[C@@H](c3ccccc3Cl)N(C)C)cc(=O)c2cc1C. The fraction of sp³-hybridized carbons (Fsp3) is 0.273. The molecule has 28 heavy (non-hydrogen) atoms. The van der Waals surface area contributed by atoms with Gasteiger partial charge in [0.1, 0.15) is 5.58 Å². The number of nitrogens with zero attached hydrogens (tertiary/aromatic N) is 1. The molecule has 3 aromatic rings. The highest BCUT2D eigenvalue weighted by atomic mass is 35.5. The molecular weight excluding hydrogens is 376 g/mol. The standard InChI is InChI=1S/C22H23ClN2O3/c1-13-9-16-19(26)11-21(28-20(16)10-14(13)2)22(27)24-12-18(25(3)4)15-7-5-6-8-17(15)23/h5-11,18H,12H2,1-4H3,(H,24,27)/t18-/m0/s1. The summed E-state index contributed by atoms with van der Waals surface area (Å²) in [5.74, 6) is -0.437. The van der Waals surface area contributed by atoms with Gasteiger partial charge in [-0.2, -0.15) is 0 Å². The smallest absolute Gasteiger partial charge is 0.287 e. The van der Waals surface area contributed by atoms with Gasteiger partial charge < -0.3 is 14.6 Å². The number of benzene rings is 2. The molecule has 1 atom stereocenters. The van der Waals surface area contributed by atoms with Crippen molar-refractivity contribution in [1.29, 1.82) is 0 Å². The van der Waals surface area contributed by atoms with Crippen molar-refractivity contribution in [3.8, 4) is 0 Å². The first-order valence-corrected chi connectivity index (χ1v) is 9.40. The Morgan fingerprint density at radius 2 is 1.82 bits per heavy atom. The number of nitrogens with one attached hydrogen (secondary N) is 1. The lowest BCUT2D eigenvalue weighted by Gasteiger charge is -2.25. The maximum absolute atomic E-state index is 12.6. The maximum atomic E-state index is 12.6. The van der Waals surface area contributed by atoms with Gasteiger partial charge in [-0.15, -0.1) is 0 Å². The molecular formula is C22H23ClN2O3. The first-order valence-electron chi connectivity index (χ1n) is 9.02. The Hall–Kier alpha value is -2.63. The number of hydrogen-bond donors (Lipinski definition) is 1. The van der Waals surface area contributed by atoms with Gasteiger partial charge in [0.2, 0.25) is 0 Å². The van der Waals surface area contributed by atoms with Crippen LogP contribution >= 0.6 is 11.6 Å². The Bertz CT molecular complexity index is 1090. The summed E-state index contributed by atoms with van der Waals surface area (Å²) < 4.78 is 5.71. The van der Waals surface area contributed by atoms with Crippen molar-refractivity contribution in [2.24, 2.45) is 0 Å². The summed E-state index contributed by atoms with van der Waals surface area (Å²) in [4.78, 5) is 27.0. The maximum Gasteiger partial charge on any atom is 0.287 e. The minimum absolute atomic E-state index is 0.00239. The molecule has 0 bridgehead atoms. The van der Waals surface area contributed by atoms with Crippen LogP contribution in [0.25, 0.3) is 11.0 Å². The summed E-state index contributed by atoms with van der Waals surface area (Å²) in [6.45, 7) is 4.20. The molecule has 1 N–H and O–H groups in total. The summed E-state index contributed by atoms with van der Waals surface area (Å²) >= 11 is 6.31. The summed E-state index contributed by atoms with van der Waals surface area (Å²) in [7, 11) is 3.84. The highest BCUT2D eigenvalue weighted by Crippen LogP contribution is 2.25. The molecule has 1 aromatic heterocycles. The molecule has 0 radical (unpaired) electrons. The van der Waals surface area contributed by atoms with Crippen molar-refractivity contribution >= 4 is 28.5 Å². The first-order chi connectivity index (χ1) is 13.3. The van der Waals surface area contributed by atoms with Gasteiger partial charge in [0.25, 0.3) is 5.91 Å². The average molecular weight is 399 g/mol. The Balaban J connectivity index is 1.85. The van der Waals surface area contributed by atoms with E-state index in [9.17, 15) is 9.59 Å². The van der Waals surface area contributed by atoms with E-state index in [2.05, 4.69) is 5.32 Å². The topological polar surface area (TPSA) is 62.6 Å². The highest BCUT2D eigenvalue weighted by molar-refractivity contribution is 6.31. The van der Waals surface area contributed by atoms with E-state index in [0.29, 0.717) is 22.5 Å². The minimum Gasteiger partial charge on any atom is -0.451 e. The van der Waals surface area contributed by atoms with E-state index in [4.69, 9.17) is 16.0 Å². The number of halogens is 1. The summed E-state index contributed by atoms with van der Waals surface area (Å²) in [6, 6.07) is 12.2. The number of rotatable bonds is 5. The third-order valence-electron chi connectivity index (χ3n) is 4.91. The fourth-order valence-corrected chi connectivity index (χ4v) is 3.38.